The van der Waals surface area contributed by atoms with E-state index < -0.39 is 0 Å². The zero-order valence-electron chi connectivity index (χ0n) is 13.8. The van der Waals surface area contributed by atoms with Crippen LogP contribution in [0.1, 0.15) is 11.1 Å². The number of nitrogens with zero attached hydrogens (tertiary/aromatic N) is 6. The van der Waals surface area contributed by atoms with Crippen molar-refractivity contribution in [1.82, 2.24) is 29.3 Å². The molecule has 0 amide bonds. The Balaban J connectivity index is 2.00. The highest BCUT2D eigenvalue weighted by Crippen LogP contribution is 2.33. The van der Waals surface area contributed by atoms with Gasteiger partial charge in [-0.05, 0) is 37.1 Å². The van der Waals surface area contributed by atoms with Gasteiger partial charge >= 0.3 is 0 Å². The maximum atomic E-state index is 4.91. The molecule has 0 aliphatic carbocycles. The number of benzene rings is 1. The van der Waals surface area contributed by atoms with Crippen LogP contribution in [0.3, 0.4) is 0 Å². The third-order valence-corrected chi connectivity index (χ3v) is 4.56. The van der Waals surface area contributed by atoms with Crippen LogP contribution in [-0.2, 0) is 0 Å². The summed E-state index contributed by atoms with van der Waals surface area (Å²) in [6, 6.07) is 4.16. The highest BCUT2D eigenvalue weighted by Gasteiger charge is 2.18. The van der Waals surface area contributed by atoms with Crippen LogP contribution < -0.4 is 0 Å². The van der Waals surface area contributed by atoms with E-state index in [0.29, 0.717) is 0 Å². The van der Waals surface area contributed by atoms with Crippen molar-refractivity contribution < 1.29 is 0 Å². The van der Waals surface area contributed by atoms with Gasteiger partial charge in [-0.15, -0.1) is 0 Å². The fourth-order valence-electron chi connectivity index (χ4n) is 3.17. The molecule has 0 atom stereocenters. The van der Waals surface area contributed by atoms with Crippen LogP contribution in [0, 0.1) is 13.8 Å². The average Bonchev–Trinajstić information content (AvgIpc) is 2.95. The second-order valence-electron chi connectivity index (χ2n) is 6.12. The summed E-state index contributed by atoms with van der Waals surface area (Å²) in [5, 5.41) is 0. The summed E-state index contributed by atoms with van der Waals surface area (Å²) in [4.78, 5) is 22.7. The molecule has 0 unspecified atom stereocenters. The molecule has 0 saturated heterocycles. The van der Waals surface area contributed by atoms with Crippen LogP contribution in [0.4, 0.5) is 0 Å². The van der Waals surface area contributed by atoms with Crippen molar-refractivity contribution in [2.45, 2.75) is 13.8 Å². The van der Waals surface area contributed by atoms with Gasteiger partial charge in [0.25, 0.3) is 0 Å². The van der Waals surface area contributed by atoms with E-state index >= 15 is 0 Å². The number of aryl methyl sites for hydroxylation is 2. The first-order chi connectivity index (χ1) is 12.2. The molecular weight excluding hydrogens is 312 g/mol. The molecule has 5 rings (SSSR count). The van der Waals surface area contributed by atoms with Gasteiger partial charge in [0.05, 0.1) is 40.2 Å². The summed E-state index contributed by atoms with van der Waals surface area (Å²) >= 11 is 0. The van der Waals surface area contributed by atoms with Crippen LogP contribution in [-0.4, -0.2) is 29.3 Å². The second-order valence-corrected chi connectivity index (χ2v) is 6.12. The van der Waals surface area contributed by atoms with E-state index in [0.717, 1.165) is 39.0 Å². The summed E-state index contributed by atoms with van der Waals surface area (Å²) in [6.07, 6.45) is 10.6. The molecule has 0 spiro atoms. The van der Waals surface area contributed by atoms with Crippen molar-refractivity contribution in [2.75, 3.05) is 0 Å². The smallest absolute Gasteiger partial charge is 0.164 e. The maximum Gasteiger partial charge on any atom is 0.164 e. The maximum absolute atomic E-state index is 4.91. The van der Waals surface area contributed by atoms with Gasteiger partial charge < -0.3 is 0 Å². The normalized spacial score (nSPS) is 11.6. The predicted molar refractivity (Wildman–Crippen MR) is 96.3 cm³/mol. The number of hydrogen-bond acceptors (Lipinski definition) is 5. The fraction of sp³-hybridized carbons (Fsp3) is 0.105. The van der Waals surface area contributed by atoms with E-state index in [1.807, 2.05) is 16.8 Å². The second kappa shape index (κ2) is 5.04. The standard InChI is InChI=1S/C19H14N6/c1-11-7-13-14(8-12(11)2)24-19-18(23-13)17(15-9-20-3-4-22-15)16-10-21-5-6-25(16)19/h3-10H,1-2H3. The fourth-order valence-corrected chi connectivity index (χ4v) is 3.17. The van der Waals surface area contributed by atoms with E-state index in [1.165, 1.54) is 11.1 Å². The van der Waals surface area contributed by atoms with Crippen molar-refractivity contribution in [3.8, 4) is 11.3 Å². The third kappa shape index (κ3) is 2.00. The van der Waals surface area contributed by atoms with E-state index in [-0.39, 0.29) is 0 Å². The summed E-state index contributed by atoms with van der Waals surface area (Å²) in [6.45, 7) is 4.18. The molecule has 120 valence electrons. The molecule has 25 heavy (non-hydrogen) atoms. The van der Waals surface area contributed by atoms with Crippen LogP contribution in [0.2, 0.25) is 0 Å². The number of hydrogen-bond donors (Lipinski definition) is 0. The van der Waals surface area contributed by atoms with E-state index in [2.05, 4.69) is 40.9 Å². The molecule has 6 heteroatoms. The highest BCUT2D eigenvalue weighted by molar-refractivity contribution is 6.03. The Hall–Kier alpha value is -3.41. The Morgan fingerprint density at radius 3 is 2.36 bits per heavy atom. The van der Waals surface area contributed by atoms with Gasteiger partial charge in [-0.3, -0.25) is 19.4 Å². The minimum atomic E-state index is 0.764. The molecule has 0 saturated carbocycles. The zero-order valence-corrected chi connectivity index (χ0v) is 13.8. The molecule has 0 radical (unpaired) electrons. The lowest BCUT2D eigenvalue weighted by atomic mass is 10.1. The SMILES string of the molecule is Cc1cc2nc3c(-c4cnccn4)c4cnccn4c3nc2cc1C. The van der Waals surface area contributed by atoms with Crippen LogP contribution in [0.5, 0.6) is 0 Å². The van der Waals surface area contributed by atoms with Crippen molar-refractivity contribution in [3.05, 3.63) is 60.4 Å². The Kier molecular flexibility index (Phi) is 2.82. The number of rotatable bonds is 1. The van der Waals surface area contributed by atoms with Gasteiger partial charge in [-0.25, -0.2) is 9.97 Å². The number of fused-ring (bicyclic) bond motifs is 4. The lowest BCUT2D eigenvalue weighted by Crippen LogP contribution is -1.92. The molecule has 4 heterocycles. The first kappa shape index (κ1) is 14.0. The Morgan fingerprint density at radius 2 is 1.60 bits per heavy atom. The Bertz CT molecular complexity index is 1260. The van der Waals surface area contributed by atoms with Gasteiger partial charge in [-0.1, -0.05) is 0 Å². The minimum absolute atomic E-state index is 0.764. The average molecular weight is 326 g/mol. The van der Waals surface area contributed by atoms with Gasteiger partial charge in [-0.2, -0.15) is 0 Å². The van der Waals surface area contributed by atoms with E-state index in [9.17, 15) is 0 Å². The molecule has 5 aromatic rings. The van der Waals surface area contributed by atoms with Crippen LogP contribution in [0.15, 0.2) is 49.3 Å². The van der Waals surface area contributed by atoms with Crippen molar-refractivity contribution in [1.29, 1.82) is 0 Å². The molecule has 0 bridgehead atoms. The summed E-state index contributed by atoms with van der Waals surface area (Å²) in [7, 11) is 0. The Labute approximate surface area is 143 Å². The quantitative estimate of drug-likeness (QED) is 0.471. The lowest BCUT2D eigenvalue weighted by molar-refractivity contribution is 1.15. The van der Waals surface area contributed by atoms with Gasteiger partial charge in [0, 0.05) is 24.8 Å². The van der Waals surface area contributed by atoms with Crippen LogP contribution >= 0.6 is 0 Å². The summed E-state index contributed by atoms with van der Waals surface area (Å²) in [5.74, 6) is 0. The monoisotopic (exact) mass is 326 g/mol. The first-order valence-electron chi connectivity index (χ1n) is 8.01. The molecule has 0 aliphatic rings. The molecule has 6 nitrogen and oxygen atoms in total. The zero-order chi connectivity index (χ0) is 17.0. The van der Waals surface area contributed by atoms with Crippen LogP contribution in [0.25, 0.3) is 39.0 Å². The molecular formula is C19H14N6. The molecule has 1 aromatic carbocycles. The highest BCUT2D eigenvalue weighted by atomic mass is 15.0. The van der Waals surface area contributed by atoms with E-state index in [1.54, 1.807) is 24.8 Å². The van der Waals surface area contributed by atoms with Gasteiger partial charge in [0.15, 0.2) is 5.65 Å². The van der Waals surface area contributed by atoms with Crippen molar-refractivity contribution in [3.63, 3.8) is 0 Å². The largest absolute Gasteiger partial charge is 0.296 e. The lowest BCUT2D eigenvalue weighted by Gasteiger charge is -2.04. The topological polar surface area (TPSA) is 68.9 Å². The third-order valence-electron chi connectivity index (χ3n) is 4.56. The molecule has 0 fully saturated rings. The molecule has 4 aromatic heterocycles. The minimum Gasteiger partial charge on any atom is -0.296 e. The summed E-state index contributed by atoms with van der Waals surface area (Å²) < 4.78 is 2.01. The van der Waals surface area contributed by atoms with Crippen molar-refractivity contribution >= 4 is 27.7 Å². The summed E-state index contributed by atoms with van der Waals surface area (Å²) in [5.41, 5.74) is 8.37. The molecule has 0 N–H and O–H groups in total. The van der Waals surface area contributed by atoms with Crippen molar-refractivity contribution in [2.24, 2.45) is 0 Å². The Morgan fingerprint density at radius 1 is 0.840 bits per heavy atom. The predicted octanol–water partition coefficient (Wildman–Crippen LogP) is 3.50. The van der Waals surface area contributed by atoms with Gasteiger partial charge in [0.2, 0.25) is 0 Å². The molecule has 0 aliphatic heterocycles. The number of aromatic nitrogens is 6. The van der Waals surface area contributed by atoms with E-state index in [4.69, 9.17) is 9.97 Å². The first-order valence-corrected chi connectivity index (χ1v) is 8.01. The van der Waals surface area contributed by atoms with Gasteiger partial charge in [0.1, 0.15) is 5.52 Å².